The average Bonchev–Trinajstić information content (AvgIpc) is 2.42. The Balaban J connectivity index is 2.44. The van der Waals surface area contributed by atoms with E-state index in [1.165, 1.54) is 11.8 Å². The van der Waals surface area contributed by atoms with Crippen molar-refractivity contribution in [2.24, 2.45) is 0 Å². The molecule has 96 valence electrons. The van der Waals surface area contributed by atoms with E-state index in [1.807, 2.05) is 12.3 Å². The molecule has 0 amide bonds. The van der Waals surface area contributed by atoms with Crippen LogP contribution in [-0.4, -0.2) is 6.26 Å². The largest absolute Gasteiger partial charge is 0.207 e. The van der Waals surface area contributed by atoms with E-state index in [-0.39, 0.29) is 4.90 Å². The molecule has 5 heteroatoms. The summed E-state index contributed by atoms with van der Waals surface area (Å²) < 4.78 is 26.7. The minimum Gasteiger partial charge on any atom is -0.207 e. The van der Waals surface area contributed by atoms with E-state index in [0.29, 0.717) is 10.5 Å². The number of nitriles is 1. The van der Waals surface area contributed by atoms with Crippen molar-refractivity contribution in [1.82, 2.24) is 0 Å². The van der Waals surface area contributed by atoms with Crippen molar-refractivity contribution in [1.29, 1.82) is 5.26 Å². The maximum atomic E-state index is 13.6. The second kappa shape index (κ2) is 6.09. The molecule has 0 aliphatic carbocycles. The fourth-order valence-corrected chi connectivity index (χ4v) is 3.17. The average molecular weight is 293 g/mol. The SMILES string of the molecule is CSc1cccc(Sc2cc(F)ccc2F)c1C#N. The Morgan fingerprint density at radius 1 is 1.05 bits per heavy atom. The van der Waals surface area contributed by atoms with E-state index in [2.05, 4.69) is 6.07 Å². The lowest BCUT2D eigenvalue weighted by Gasteiger charge is -2.08. The van der Waals surface area contributed by atoms with Crippen molar-refractivity contribution in [3.8, 4) is 6.07 Å². The number of hydrogen-bond donors (Lipinski definition) is 0. The Labute approximate surface area is 118 Å². The highest BCUT2D eigenvalue weighted by Gasteiger charge is 2.12. The molecule has 2 aromatic rings. The Morgan fingerprint density at radius 3 is 2.47 bits per heavy atom. The van der Waals surface area contributed by atoms with E-state index < -0.39 is 11.6 Å². The standard InChI is InChI=1S/C14H9F2NS2/c1-18-12-3-2-4-13(10(12)8-17)19-14-7-9(15)5-6-11(14)16/h2-7H,1H3. The smallest absolute Gasteiger partial charge is 0.137 e. The molecule has 0 fully saturated rings. The van der Waals surface area contributed by atoms with Crippen LogP contribution in [0.25, 0.3) is 0 Å². The van der Waals surface area contributed by atoms with Crippen LogP contribution in [0.1, 0.15) is 5.56 Å². The van der Waals surface area contributed by atoms with Crippen LogP contribution < -0.4 is 0 Å². The molecular formula is C14H9F2NS2. The van der Waals surface area contributed by atoms with E-state index in [9.17, 15) is 14.0 Å². The van der Waals surface area contributed by atoms with Gasteiger partial charge in [0.05, 0.1) is 10.5 Å². The zero-order valence-corrected chi connectivity index (χ0v) is 11.6. The van der Waals surface area contributed by atoms with Crippen molar-refractivity contribution in [2.45, 2.75) is 14.7 Å². The maximum Gasteiger partial charge on any atom is 0.137 e. The summed E-state index contributed by atoms with van der Waals surface area (Å²) in [6.45, 7) is 0. The molecule has 0 saturated heterocycles. The molecular weight excluding hydrogens is 284 g/mol. The van der Waals surface area contributed by atoms with Crippen LogP contribution in [0.3, 0.4) is 0 Å². The van der Waals surface area contributed by atoms with Gasteiger partial charge in [0.25, 0.3) is 0 Å². The molecule has 0 spiro atoms. The first-order valence-corrected chi connectivity index (χ1v) is 7.40. The summed E-state index contributed by atoms with van der Waals surface area (Å²) in [4.78, 5) is 1.62. The topological polar surface area (TPSA) is 23.8 Å². The lowest BCUT2D eigenvalue weighted by molar-refractivity contribution is 0.577. The van der Waals surface area contributed by atoms with Gasteiger partial charge in [-0.05, 0) is 36.6 Å². The van der Waals surface area contributed by atoms with Crippen LogP contribution >= 0.6 is 23.5 Å². The van der Waals surface area contributed by atoms with Crippen molar-refractivity contribution in [2.75, 3.05) is 6.26 Å². The first-order chi connectivity index (χ1) is 9.15. The third-order valence-electron chi connectivity index (χ3n) is 2.43. The van der Waals surface area contributed by atoms with Gasteiger partial charge in [0.2, 0.25) is 0 Å². The molecule has 0 radical (unpaired) electrons. The van der Waals surface area contributed by atoms with Crippen molar-refractivity contribution in [3.05, 3.63) is 53.6 Å². The highest BCUT2D eigenvalue weighted by atomic mass is 32.2. The van der Waals surface area contributed by atoms with Crippen molar-refractivity contribution in [3.63, 3.8) is 0 Å². The highest BCUT2D eigenvalue weighted by Crippen LogP contribution is 2.35. The fraction of sp³-hybridized carbons (Fsp3) is 0.0714. The number of benzene rings is 2. The number of hydrogen-bond acceptors (Lipinski definition) is 3. The molecule has 0 aromatic heterocycles. The van der Waals surface area contributed by atoms with E-state index in [4.69, 9.17) is 0 Å². The molecule has 2 rings (SSSR count). The summed E-state index contributed by atoms with van der Waals surface area (Å²) >= 11 is 2.51. The van der Waals surface area contributed by atoms with Crippen LogP contribution in [0, 0.1) is 23.0 Å². The van der Waals surface area contributed by atoms with E-state index in [1.54, 1.807) is 12.1 Å². The fourth-order valence-electron chi connectivity index (χ4n) is 1.55. The van der Waals surface area contributed by atoms with Crippen LogP contribution in [0.4, 0.5) is 8.78 Å². The lowest BCUT2D eigenvalue weighted by Crippen LogP contribution is -1.88. The predicted molar refractivity (Wildman–Crippen MR) is 73.4 cm³/mol. The third-order valence-corrected chi connectivity index (χ3v) is 4.31. The van der Waals surface area contributed by atoms with Gasteiger partial charge in [0, 0.05) is 9.79 Å². The van der Waals surface area contributed by atoms with Gasteiger partial charge >= 0.3 is 0 Å². The zero-order valence-electron chi connectivity index (χ0n) is 9.98. The first kappa shape index (κ1) is 13.9. The first-order valence-electron chi connectivity index (χ1n) is 5.35. The van der Waals surface area contributed by atoms with Gasteiger partial charge < -0.3 is 0 Å². The predicted octanol–water partition coefficient (Wildman–Crippen LogP) is 4.71. The molecule has 0 heterocycles. The Morgan fingerprint density at radius 2 is 1.79 bits per heavy atom. The van der Waals surface area contributed by atoms with E-state index in [0.717, 1.165) is 34.9 Å². The lowest BCUT2D eigenvalue weighted by atomic mass is 10.2. The number of rotatable bonds is 3. The number of halogens is 2. The van der Waals surface area contributed by atoms with E-state index >= 15 is 0 Å². The third kappa shape index (κ3) is 3.09. The van der Waals surface area contributed by atoms with Gasteiger partial charge in [0.1, 0.15) is 17.7 Å². The van der Waals surface area contributed by atoms with Gasteiger partial charge in [-0.1, -0.05) is 17.8 Å². The van der Waals surface area contributed by atoms with Gasteiger partial charge in [0.15, 0.2) is 0 Å². The molecule has 0 saturated carbocycles. The minimum absolute atomic E-state index is 0.176. The van der Waals surface area contributed by atoms with Crippen LogP contribution in [0.2, 0.25) is 0 Å². The monoisotopic (exact) mass is 293 g/mol. The summed E-state index contributed by atoms with van der Waals surface area (Å²) in [5.74, 6) is -0.992. The van der Waals surface area contributed by atoms with Crippen molar-refractivity contribution >= 4 is 23.5 Å². The normalized spacial score (nSPS) is 10.2. The van der Waals surface area contributed by atoms with Gasteiger partial charge in [-0.15, -0.1) is 11.8 Å². The van der Waals surface area contributed by atoms with Gasteiger partial charge in [-0.2, -0.15) is 5.26 Å². The Hall–Kier alpha value is -1.51. The summed E-state index contributed by atoms with van der Waals surface area (Å²) in [7, 11) is 0. The second-order valence-corrected chi connectivity index (χ2v) is 5.55. The van der Waals surface area contributed by atoms with Crippen molar-refractivity contribution < 1.29 is 8.78 Å². The Bertz CT molecular complexity index is 650. The van der Waals surface area contributed by atoms with Crippen LogP contribution in [0.5, 0.6) is 0 Å². The molecule has 0 N–H and O–H groups in total. The summed E-state index contributed by atoms with van der Waals surface area (Å²) in [5.41, 5.74) is 0.490. The molecule has 2 aromatic carbocycles. The minimum atomic E-state index is -0.497. The van der Waals surface area contributed by atoms with Crippen LogP contribution in [-0.2, 0) is 0 Å². The van der Waals surface area contributed by atoms with Gasteiger partial charge in [-0.3, -0.25) is 0 Å². The molecule has 0 atom stereocenters. The molecule has 19 heavy (non-hydrogen) atoms. The summed E-state index contributed by atoms with van der Waals surface area (Å²) in [6.07, 6.45) is 1.87. The molecule has 1 nitrogen and oxygen atoms in total. The zero-order chi connectivity index (χ0) is 13.8. The second-order valence-electron chi connectivity index (χ2n) is 3.62. The highest BCUT2D eigenvalue weighted by molar-refractivity contribution is 8.00. The number of thioether (sulfide) groups is 1. The molecule has 0 aliphatic rings. The molecule has 0 unspecified atom stereocenters. The van der Waals surface area contributed by atoms with Crippen LogP contribution in [0.15, 0.2) is 51.1 Å². The molecule has 0 bridgehead atoms. The summed E-state index contributed by atoms with van der Waals surface area (Å²) in [6, 6.07) is 10.8. The maximum absolute atomic E-state index is 13.6. The molecule has 0 aliphatic heterocycles. The summed E-state index contributed by atoms with van der Waals surface area (Å²) in [5, 5.41) is 9.19. The number of nitrogens with zero attached hydrogens (tertiary/aromatic N) is 1. The Kier molecular flexibility index (Phi) is 4.46. The van der Waals surface area contributed by atoms with Gasteiger partial charge in [-0.25, -0.2) is 8.78 Å². The quantitative estimate of drug-likeness (QED) is 0.766.